The topological polar surface area (TPSA) is 59.4 Å². The molecule has 0 radical (unpaired) electrons. The van der Waals surface area contributed by atoms with Crippen LogP contribution in [0.2, 0.25) is 0 Å². The van der Waals surface area contributed by atoms with E-state index in [1.54, 1.807) is 29.6 Å². The number of amides is 2. The summed E-state index contributed by atoms with van der Waals surface area (Å²) in [5, 5.41) is 2.99. The third-order valence-corrected chi connectivity index (χ3v) is 4.01. The number of nitrogens with zero attached hydrogens (tertiary/aromatic N) is 3. The van der Waals surface area contributed by atoms with Gasteiger partial charge in [0.25, 0.3) is 0 Å². The lowest BCUT2D eigenvalue weighted by atomic mass is 10.1. The molecule has 2 aromatic rings. The first-order valence-electron chi connectivity index (χ1n) is 8.00. The smallest absolute Gasteiger partial charge is 0.317 e. The number of halogens is 1. The summed E-state index contributed by atoms with van der Waals surface area (Å²) in [6.45, 7) is 4.08. The number of imidazole rings is 1. The number of carbonyl (C=O) groups excluding carboxylic acids is 1. The van der Waals surface area contributed by atoms with E-state index in [1.165, 1.54) is 12.1 Å². The standard InChI is InChI=1S/C17H21FN4O2/c1-13(10-21-7-6-19-12-21)20-17(23)22-8-9-24-16(11-22)14-2-4-15(18)5-3-14/h2-7,12-13,16H,8-11H2,1H3,(H,20,23)/t13-,16-/m1/s1. The Morgan fingerprint density at radius 2 is 2.25 bits per heavy atom. The second-order valence-electron chi connectivity index (χ2n) is 5.97. The summed E-state index contributed by atoms with van der Waals surface area (Å²) in [4.78, 5) is 18.2. The van der Waals surface area contributed by atoms with Crippen LogP contribution in [0.25, 0.3) is 0 Å². The highest BCUT2D eigenvalue weighted by Crippen LogP contribution is 2.22. The van der Waals surface area contributed by atoms with Gasteiger partial charge in [0.05, 0.1) is 19.5 Å². The zero-order valence-corrected chi connectivity index (χ0v) is 13.6. The number of hydrogen-bond acceptors (Lipinski definition) is 3. The van der Waals surface area contributed by atoms with E-state index >= 15 is 0 Å². The van der Waals surface area contributed by atoms with Gasteiger partial charge in [0.2, 0.25) is 0 Å². The second kappa shape index (κ2) is 7.44. The lowest BCUT2D eigenvalue weighted by molar-refractivity contribution is -0.0158. The van der Waals surface area contributed by atoms with Crippen molar-refractivity contribution in [2.24, 2.45) is 0 Å². The van der Waals surface area contributed by atoms with Crippen LogP contribution in [0.3, 0.4) is 0 Å². The van der Waals surface area contributed by atoms with Crippen molar-refractivity contribution in [1.82, 2.24) is 19.8 Å². The summed E-state index contributed by atoms with van der Waals surface area (Å²) in [6.07, 6.45) is 5.07. The molecule has 6 nitrogen and oxygen atoms in total. The number of benzene rings is 1. The molecule has 0 spiro atoms. The molecule has 1 aliphatic rings. The maximum Gasteiger partial charge on any atom is 0.317 e. The van der Waals surface area contributed by atoms with Crippen LogP contribution >= 0.6 is 0 Å². The predicted molar refractivity (Wildman–Crippen MR) is 86.9 cm³/mol. The molecule has 2 amide bonds. The van der Waals surface area contributed by atoms with Crippen molar-refractivity contribution in [2.75, 3.05) is 19.7 Å². The first-order chi connectivity index (χ1) is 11.6. The highest BCUT2D eigenvalue weighted by molar-refractivity contribution is 5.74. The van der Waals surface area contributed by atoms with E-state index < -0.39 is 0 Å². The maximum atomic E-state index is 13.0. The van der Waals surface area contributed by atoms with E-state index in [0.29, 0.717) is 26.2 Å². The molecule has 0 unspecified atom stereocenters. The highest BCUT2D eigenvalue weighted by atomic mass is 19.1. The van der Waals surface area contributed by atoms with Crippen molar-refractivity contribution in [2.45, 2.75) is 25.6 Å². The monoisotopic (exact) mass is 332 g/mol. The molecule has 128 valence electrons. The molecule has 7 heteroatoms. The Kier molecular flexibility index (Phi) is 5.10. The van der Waals surface area contributed by atoms with E-state index in [4.69, 9.17) is 4.74 Å². The van der Waals surface area contributed by atoms with E-state index in [2.05, 4.69) is 10.3 Å². The predicted octanol–water partition coefficient (Wildman–Crippen LogP) is 2.19. The van der Waals surface area contributed by atoms with Gasteiger partial charge < -0.3 is 19.5 Å². The Morgan fingerprint density at radius 1 is 1.46 bits per heavy atom. The minimum atomic E-state index is -0.280. The van der Waals surface area contributed by atoms with E-state index in [1.807, 2.05) is 17.7 Å². The average Bonchev–Trinajstić information content (AvgIpc) is 3.08. The zero-order chi connectivity index (χ0) is 16.9. The molecule has 0 aliphatic carbocycles. The van der Waals surface area contributed by atoms with Crippen LogP contribution in [0.15, 0.2) is 43.0 Å². The van der Waals surface area contributed by atoms with Crippen LogP contribution in [0.5, 0.6) is 0 Å². The van der Waals surface area contributed by atoms with Crippen molar-refractivity contribution in [3.63, 3.8) is 0 Å². The lowest BCUT2D eigenvalue weighted by Crippen LogP contribution is -2.50. The largest absolute Gasteiger partial charge is 0.370 e. The van der Waals surface area contributed by atoms with Gasteiger partial charge in [0.1, 0.15) is 11.9 Å². The number of aromatic nitrogens is 2. The Hall–Kier alpha value is -2.41. The van der Waals surface area contributed by atoms with Crippen LogP contribution in [-0.4, -0.2) is 46.2 Å². The van der Waals surface area contributed by atoms with Crippen LogP contribution in [0, 0.1) is 5.82 Å². The van der Waals surface area contributed by atoms with Gasteiger partial charge in [-0.15, -0.1) is 0 Å². The molecule has 1 aromatic heterocycles. The minimum Gasteiger partial charge on any atom is -0.370 e. The van der Waals surface area contributed by atoms with Crippen molar-refractivity contribution in [3.05, 3.63) is 54.4 Å². The van der Waals surface area contributed by atoms with Gasteiger partial charge in [-0.2, -0.15) is 0 Å². The molecule has 0 bridgehead atoms. The normalized spacial score (nSPS) is 19.1. The fraction of sp³-hybridized carbons (Fsp3) is 0.412. The lowest BCUT2D eigenvalue weighted by Gasteiger charge is -2.34. The molecule has 1 N–H and O–H groups in total. The molecule has 1 saturated heterocycles. The van der Waals surface area contributed by atoms with Gasteiger partial charge >= 0.3 is 6.03 Å². The van der Waals surface area contributed by atoms with E-state index in [0.717, 1.165) is 5.56 Å². The first kappa shape index (κ1) is 16.4. The number of carbonyl (C=O) groups is 1. The Bertz CT molecular complexity index is 660. The summed E-state index contributed by atoms with van der Waals surface area (Å²) in [5.74, 6) is -0.280. The van der Waals surface area contributed by atoms with Crippen molar-refractivity contribution < 1.29 is 13.9 Å². The van der Waals surface area contributed by atoms with Crippen LogP contribution in [-0.2, 0) is 11.3 Å². The van der Waals surface area contributed by atoms with Gasteiger partial charge in [-0.1, -0.05) is 12.1 Å². The first-order valence-corrected chi connectivity index (χ1v) is 8.00. The average molecular weight is 332 g/mol. The zero-order valence-electron chi connectivity index (χ0n) is 13.6. The summed E-state index contributed by atoms with van der Waals surface area (Å²) in [7, 11) is 0. The SMILES string of the molecule is C[C@H](Cn1ccnc1)NC(=O)N1CCO[C@@H](c2ccc(F)cc2)C1. The Labute approximate surface area is 140 Å². The molecule has 24 heavy (non-hydrogen) atoms. The third kappa shape index (κ3) is 4.11. The minimum absolute atomic E-state index is 0.0150. The second-order valence-corrected chi connectivity index (χ2v) is 5.97. The molecule has 2 heterocycles. The molecular weight excluding hydrogens is 311 g/mol. The van der Waals surface area contributed by atoms with Crippen molar-refractivity contribution in [3.8, 4) is 0 Å². The number of urea groups is 1. The fourth-order valence-corrected chi connectivity index (χ4v) is 2.77. The third-order valence-electron chi connectivity index (χ3n) is 4.01. The van der Waals surface area contributed by atoms with Crippen LogP contribution in [0.4, 0.5) is 9.18 Å². The molecule has 2 atom stereocenters. The van der Waals surface area contributed by atoms with Gasteiger partial charge in [-0.05, 0) is 24.6 Å². The summed E-state index contributed by atoms with van der Waals surface area (Å²) in [6, 6.07) is 6.08. The Morgan fingerprint density at radius 3 is 2.96 bits per heavy atom. The number of ether oxygens (including phenoxy) is 1. The van der Waals surface area contributed by atoms with Crippen molar-refractivity contribution in [1.29, 1.82) is 0 Å². The molecule has 1 aromatic carbocycles. The van der Waals surface area contributed by atoms with Crippen LogP contribution in [0.1, 0.15) is 18.6 Å². The summed E-state index contributed by atoms with van der Waals surface area (Å²) in [5.41, 5.74) is 0.875. The number of morpholine rings is 1. The molecule has 1 aliphatic heterocycles. The van der Waals surface area contributed by atoms with Crippen LogP contribution < -0.4 is 5.32 Å². The van der Waals surface area contributed by atoms with Crippen molar-refractivity contribution >= 4 is 6.03 Å². The highest BCUT2D eigenvalue weighted by Gasteiger charge is 2.26. The van der Waals surface area contributed by atoms with Gasteiger partial charge in [0, 0.05) is 31.5 Å². The molecular formula is C17H21FN4O2. The quantitative estimate of drug-likeness (QED) is 0.934. The summed E-state index contributed by atoms with van der Waals surface area (Å²) >= 11 is 0. The number of rotatable bonds is 4. The number of hydrogen-bond donors (Lipinski definition) is 1. The van der Waals surface area contributed by atoms with Gasteiger partial charge in [0.15, 0.2) is 0 Å². The fourth-order valence-electron chi connectivity index (χ4n) is 2.77. The molecule has 0 saturated carbocycles. The van der Waals surface area contributed by atoms with E-state index in [9.17, 15) is 9.18 Å². The van der Waals surface area contributed by atoms with Gasteiger partial charge in [-0.25, -0.2) is 14.2 Å². The van der Waals surface area contributed by atoms with Gasteiger partial charge in [-0.3, -0.25) is 0 Å². The molecule has 3 rings (SSSR count). The van der Waals surface area contributed by atoms with E-state index in [-0.39, 0.29) is 24.0 Å². The maximum absolute atomic E-state index is 13.0. The molecule has 1 fully saturated rings. The number of nitrogens with one attached hydrogen (secondary N) is 1. The Balaban J connectivity index is 1.55. The summed E-state index contributed by atoms with van der Waals surface area (Å²) < 4.78 is 20.7.